The summed E-state index contributed by atoms with van der Waals surface area (Å²) in [6.07, 6.45) is 3.29. The molecule has 0 spiro atoms. The standard InChI is InChI=1S/C16H26N2O4/c1-9-7-18(8-13(22-9)11-3-4-11)16(21)14(10(2)19)17-15(20)12-5-6-12/h9-14,19H,3-8H2,1-2H3,(H,17,20). The summed E-state index contributed by atoms with van der Waals surface area (Å²) >= 11 is 0. The molecule has 0 aromatic heterocycles. The first-order chi connectivity index (χ1) is 10.5. The molecule has 0 aromatic rings. The predicted octanol–water partition coefficient (Wildman–Crippen LogP) is 0.288. The number of nitrogens with one attached hydrogen (secondary N) is 1. The van der Waals surface area contributed by atoms with Crippen molar-refractivity contribution in [2.75, 3.05) is 13.1 Å². The average Bonchev–Trinajstić information content (AvgIpc) is 3.34. The normalized spacial score (nSPS) is 31.5. The Morgan fingerprint density at radius 1 is 1.23 bits per heavy atom. The maximum atomic E-state index is 12.7. The molecule has 124 valence electrons. The van der Waals surface area contributed by atoms with Crippen LogP contribution in [0.25, 0.3) is 0 Å². The average molecular weight is 310 g/mol. The number of aliphatic hydroxyl groups is 1. The van der Waals surface area contributed by atoms with Gasteiger partial charge in [0.15, 0.2) is 0 Å². The minimum absolute atomic E-state index is 0.00270. The molecule has 4 unspecified atom stereocenters. The van der Waals surface area contributed by atoms with E-state index >= 15 is 0 Å². The van der Waals surface area contributed by atoms with E-state index in [1.807, 2.05) is 6.92 Å². The van der Waals surface area contributed by atoms with E-state index < -0.39 is 12.1 Å². The Kier molecular flexibility index (Phi) is 4.41. The molecule has 3 aliphatic rings. The molecule has 0 aromatic carbocycles. The molecule has 0 radical (unpaired) electrons. The number of rotatable bonds is 5. The van der Waals surface area contributed by atoms with Crippen molar-refractivity contribution in [2.24, 2.45) is 11.8 Å². The predicted molar refractivity (Wildman–Crippen MR) is 80.0 cm³/mol. The second-order valence-corrected chi connectivity index (χ2v) is 7.07. The summed E-state index contributed by atoms with van der Waals surface area (Å²) < 4.78 is 5.92. The van der Waals surface area contributed by atoms with Gasteiger partial charge in [-0.2, -0.15) is 0 Å². The molecule has 2 amide bonds. The summed E-state index contributed by atoms with van der Waals surface area (Å²) in [5, 5.41) is 12.7. The lowest BCUT2D eigenvalue weighted by molar-refractivity contribution is -0.152. The van der Waals surface area contributed by atoms with Crippen LogP contribution < -0.4 is 5.32 Å². The highest BCUT2D eigenvalue weighted by molar-refractivity contribution is 5.89. The van der Waals surface area contributed by atoms with Gasteiger partial charge in [-0.05, 0) is 45.4 Å². The number of morpholine rings is 1. The fraction of sp³-hybridized carbons (Fsp3) is 0.875. The Hall–Kier alpha value is -1.14. The van der Waals surface area contributed by atoms with Crippen molar-refractivity contribution in [2.45, 2.75) is 63.9 Å². The highest BCUT2D eigenvalue weighted by atomic mass is 16.5. The molecule has 6 heteroatoms. The zero-order chi connectivity index (χ0) is 15.9. The molecule has 3 fully saturated rings. The molecule has 3 rings (SSSR count). The molecule has 1 saturated heterocycles. The lowest BCUT2D eigenvalue weighted by Gasteiger charge is -2.39. The first kappa shape index (κ1) is 15.7. The fourth-order valence-electron chi connectivity index (χ4n) is 3.10. The molecule has 0 bridgehead atoms. The lowest BCUT2D eigenvalue weighted by atomic mass is 10.1. The van der Waals surface area contributed by atoms with E-state index in [0.717, 1.165) is 25.7 Å². The van der Waals surface area contributed by atoms with Crippen molar-refractivity contribution in [3.63, 3.8) is 0 Å². The third-order valence-corrected chi connectivity index (χ3v) is 4.74. The van der Waals surface area contributed by atoms with E-state index in [9.17, 15) is 14.7 Å². The van der Waals surface area contributed by atoms with Crippen LogP contribution in [0.5, 0.6) is 0 Å². The van der Waals surface area contributed by atoms with Gasteiger partial charge in [0, 0.05) is 19.0 Å². The van der Waals surface area contributed by atoms with Crippen molar-refractivity contribution < 1.29 is 19.4 Å². The van der Waals surface area contributed by atoms with Crippen molar-refractivity contribution in [3.8, 4) is 0 Å². The molecule has 2 N–H and O–H groups in total. The minimum atomic E-state index is -0.896. The number of carbonyl (C=O) groups excluding carboxylic acids is 2. The zero-order valence-corrected chi connectivity index (χ0v) is 13.3. The molecule has 2 aliphatic carbocycles. The highest BCUT2D eigenvalue weighted by Crippen LogP contribution is 2.36. The van der Waals surface area contributed by atoms with Gasteiger partial charge in [-0.15, -0.1) is 0 Å². The Morgan fingerprint density at radius 3 is 2.45 bits per heavy atom. The summed E-state index contributed by atoms with van der Waals surface area (Å²) in [7, 11) is 0. The third kappa shape index (κ3) is 3.60. The van der Waals surface area contributed by atoms with Crippen LogP contribution in [0.2, 0.25) is 0 Å². The number of carbonyl (C=O) groups is 2. The number of amides is 2. The SMILES string of the molecule is CC1CN(C(=O)C(NC(=O)C2CC2)C(C)O)CC(C2CC2)O1. The van der Waals surface area contributed by atoms with Crippen LogP contribution in [-0.4, -0.2) is 59.3 Å². The van der Waals surface area contributed by atoms with Crippen LogP contribution >= 0.6 is 0 Å². The Bertz CT molecular complexity index is 445. The number of nitrogens with zero attached hydrogens (tertiary/aromatic N) is 1. The lowest BCUT2D eigenvalue weighted by Crippen LogP contribution is -2.58. The maximum absolute atomic E-state index is 12.7. The molecule has 6 nitrogen and oxygen atoms in total. The second kappa shape index (κ2) is 6.16. The topological polar surface area (TPSA) is 78.9 Å². The Balaban J connectivity index is 1.64. The summed E-state index contributed by atoms with van der Waals surface area (Å²) in [5.41, 5.74) is 0. The molecule has 2 saturated carbocycles. The zero-order valence-electron chi connectivity index (χ0n) is 13.3. The van der Waals surface area contributed by atoms with Crippen molar-refractivity contribution >= 4 is 11.8 Å². The van der Waals surface area contributed by atoms with Gasteiger partial charge in [-0.25, -0.2) is 0 Å². The van der Waals surface area contributed by atoms with Crippen LogP contribution in [0, 0.1) is 11.8 Å². The summed E-state index contributed by atoms with van der Waals surface area (Å²) in [6, 6.07) is -0.849. The molecule has 1 heterocycles. The van der Waals surface area contributed by atoms with E-state index in [1.54, 1.807) is 11.8 Å². The quantitative estimate of drug-likeness (QED) is 0.765. The van der Waals surface area contributed by atoms with Crippen LogP contribution in [-0.2, 0) is 14.3 Å². The van der Waals surface area contributed by atoms with Crippen LogP contribution in [0.4, 0.5) is 0 Å². The first-order valence-electron chi connectivity index (χ1n) is 8.38. The number of hydrogen-bond acceptors (Lipinski definition) is 4. The summed E-state index contributed by atoms with van der Waals surface area (Å²) in [5.74, 6) is 0.282. The number of aliphatic hydroxyl groups excluding tert-OH is 1. The van der Waals surface area contributed by atoms with Gasteiger partial charge >= 0.3 is 0 Å². The van der Waals surface area contributed by atoms with Crippen molar-refractivity contribution in [1.29, 1.82) is 0 Å². The van der Waals surface area contributed by atoms with Gasteiger partial charge in [0.2, 0.25) is 11.8 Å². The van der Waals surface area contributed by atoms with Crippen molar-refractivity contribution in [3.05, 3.63) is 0 Å². The fourth-order valence-corrected chi connectivity index (χ4v) is 3.10. The summed E-state index contributed by atoms with van der Waals surface area (Å²) in [6.45, 7) is 4.61. The van der Waals surface area contributed by atoms with E-state index in [2.05, 4.69) is 5.32 Å². The largest absolute Gasteiger partial charge is 0.391 e. The van der Waals surface area contributed by atoms with Crippen molar-refractivity contribution in [1.82, 2.24) is 10.2 Å². The Morgan fingerprint density at radius 2 is 1.91 bits per heavy atom. The molecule has 4 atom stereocenters. The smallest absolute Gasteiger partial charge is 0.248 e. The summed E-state index contributed by atoms with van der Waals surface area (Å²) in [4.78, 5) is 26.4. The Labute approximate surface area is 131 Å². The van der Waals surface area contributed by atoms with Gasteiger partial charge in [0.1, 0.15) is 6.04 Å². The number of ether oxygens (including phenoxy) is 1. The van der Waals surface area contributed by atoms with Crippen LogP contribution in [0.1, 0.15) is 39.5 Å². The highest BCUT2D eigenvalue weighted by Gasteiger charge is 2.41. The second-order valence-electron chi connectivity index (χ2n) is 7.07. The van der Waals surface area contributed by atoms with E-state index in [1.165, 1.54) is 0 Å². The van der Waals surface area contributed by atoms with E-state index in [-0.39, 0.29) is 29.9 Å². The number of hydrogen-bond donors (Lipinski definition) is 2. The third-order valence-electron chi connectivity index (χ3n) is 4.74. The van der Waals surface area contributed by atoms with Crippen LogP contribution in [0.15, 0.2) is 0 Å². The molecular weight excluding hydrogens is 284 g/mol. The van der Waals surface area contributed by atoms with Crippen LogP contribution in [0.3, 0.4) is 0 Å². The molecule has 1 aliphatic heterocycles. The first-order valence-corrected chi connectivity index (χ1v) is 8.38. The van der Waals surface area contributed by atoms with Gasteiger partial charge < -0.3 is 20.1 Å². The van der Waals surface area contributed by atoms with E-state index in [4.69, 9.17) is 4.74 Å². The monoisotopic (exact) mass is 310 g/mol. The molecular formula is C16H26N2O4. The van der Waals surface area contributed by atoms with Gasteiger partial charge in [-0.3, -0.25) is 9.59 Å². The van der Waals surface area contributed by atoms with Gasteiger partial charge in [-0.1, -0.05) is 0 Å². The van der Waals surface area contributed by atoms with Gasteiger partial charge in [0.25, 0.3) is 0 Å². The molecule has 22 heavy (non-hydrogen) atoms. The minimum Gasteiger partial charge on any atom is -0.391 e. The van der Waals surface area contributed by atoms with Gasteiger partial charge in [0.05, 0.1) is 18.3 Å². The maximum Gasteiger partial charge on any atom is 0.248 e. The van der Waals surface area contributed by atoms with E-state index in [0.29, 0.717) is 19.0 Å².